The maximum atomic E-state index is 6.33. The van der Waals surface area contributed by atoms with Gasteiger partial charge >= 0.3 is 0 Å². The zero-order valence-corrected chi connectivity index (χ0v) is 13.6. The van der Waals surface area contributed by atoms with Crippen LogP contribution in [0.25, 0.3) is 0 Å². The monoisotopic (exact) mass is 366 g/mol. The Hall–Kier alpha value is -1.16. The quantitative estimate of drug-likeness (QED) is 0.570. The second-order valence-corrected chi connectivity index (χ2v) is 6.12. The molecule has 1 aliphatic heterocycles. The van der Waals surface area contributed by atoms with Gasteiger partial charge in [-0.15, -0.1) is 0 Å². The van der Waals surface area contributed by atoms with E-state index in [0.29, 0.717) is 16.0 Å². The third-order valence-electron chi connectivity index (χ3n) is 2.99. The minimum absolute atomic E-state index is 0.410. The molecule has 2 aromatic carbocycles. The molecule has 5 heteroatoms. The first kappa shape index (κ1) is 13.8. The van der Waals surface area contributed by atoms with E-state index in [1.54, 1.807) is 0 Å². The van der Waals surface area contributed by atoms with Crippen LogP contribution in [0.2, 0.25) is 0 Å². The zero-order chi connectivity index (χ0) is 14.3. The molecule has 2 nitrogen and oxygen atoms in total. The van der Waals surface area contributed by atoms with Crippen molar-refractivity contribution >= 4 is 60.8 Å². The molecule has 0 saturated heterocycles. The molecule has 0 unspecified atom stereocenters. The van der Waals surface area contributed by atoms with Gasteiger partial charge in [-0.05, 0) is 42.8 Å². The van der Waals surface area contributed by atoms with E-state index in [4.69, 9.17) is 23.2 Å². The molecule has 0 spiro atoms. The molecule has 3 rings (SSSR count). The predicted octanol–water partition coefficient (Wildman–Crippen LogP) is 5.71. The molecule has 100 valence electrons. The molecular formula is C15H9BrCl2N2. The number of hydrogen-bond acceptors (Lipinski definition) is 2. The van der Waals surface area contributed by atoms with E-state index in [-0.39, 0.29) is 0 Å². The molecule has 0 fully saturated rings. The van der Waals surface area contributed by atoms with E-state index in [0.717, 1.165) is 26.9 Å². The van der Waals surface area contributed by atoms with Crippen molar-refractivity contribution in [3.63, 3.8) is 0 Å². The highest BCUT2D eigenvalue weighted by molar-refractivity contribution is 9.10. The van der Waals surface area contributed by atoms with Crippen molar-refractivity contribution < 1.29 is 0 Å². The van der Waals surface area contributed by atoms with Gasteiger partial charge in [-0.1, -0.05) is 45.2 Å². The fraction of sp³-hybridized carbons (Fsp3) is 0.0667. The fourth-order valence-electron chi connectivity index (χ4n) is 2.01. The van der Waals surface area contributed by atoms with E-state index in [1.165, 1.54) is 0 Å². The van der Waals surface area contributed by atoms with Gasteiger partial charge in [0.05, 0.1) is 11.4 Å². The number of aliphatic imine (C=N–C) groups is 2. The summed E-state index contributed by atoms with van der Waals surface area (Å²) in [7, 11) is 0. The summed E-state index contributed by atoms with van der Waals surface area (Å²) in [5, 5.41) is 0.819. The number of hydrogen-bond donors (Lipinski definition) is 0. The van der Waals surface area contributed by atoms with Crippen molar-refractivity contribution in [2.45, 2.75) is 6.92 Å². The normalized spacial score (nSPS) is 13.6. The summed E-state index contributed by atoms with van der Waals surface area (Å²) in [5.41, 5.74) is 4.07. The largest absolute Gasteiger partial charge is 0.235 e. The Bertz CT molecular complexity index is 701. The van der Waals surface area contributed by atoms with Gasteiger partial charge in [0, 0.05) is 15.6 Å². The lowest BCUT2D eigenvalue weighted by molar-refractivity contribution is 1.39. The average Bonchev–Trinajstić information content (AvgIpc) is 2.37. The van der Waals surface area contributed by atoms with Gasteiger partial charge < -0.3 is 0 Å². The first-order chi connectivity index (χ1) is 9.54. The lowest BCUT2D eigenvalue weighted by atomic mass is 10.1. The first-order valence-corrected chi connectivity index (χ1v) is 7.49. The number of benzene rings is 2. The smallest absolute Gasteiger partial charge is 0.139 e. The molecule has 0 radical (unpaired) electrons. The Balaban J connectivity index is 2.30. The summed E-state index contributed by atoms with van der Waals surface area (Å²) in [5.74, 6) is 0. The van der Waals surface area contributed by atoms with Gasteiger partial charge in [0.1, 0.15) is 10.3 Å². The Morgan fingerprint density at radius 1 is 0.850 bits per heavy atom. The molecule has 20 heavy (non-hydrogen) atoms. The Kier molecular flexibility index (Phi) is 3.67. The first-order valence-electron chi connectivity index (χ1n) is 5.94. The molecule has 1 heterocycles. The fourth-order valence-corrected chi connectivity index (χ4v) is 2.86. The van der Waals surface area contributed by atoms with E-state index >= 15 is 0 Å². The summed E-state index contributed by atoms with van der Waals surface area (Å²) in [6.07, 6.45) is 0. The van der Waals surface area contributed by atoms with Crippen molar-refractivity contribution in [2.24, 2.45) is 9.98 Å². The molecular weight excluding hydrogens is 359 g/mol. The molecule has 2 aromatic rings. The van der Waals surface area contributed by atoms with Crippen LogP contribution in [0.15, 0.2) is 50.9 Å². The van der Waals surface area contributed by atoms with Gasteiger partial charge in [-0.25, -0.2) is 9.98 Å². The summed E-state index contributed by atoms with van der Waals surface area (Å²) < 4.78 is 0.915. The van der Waals surface area contributed by atoms with E-state index in [2.05, 4.69) is 25.9 Å². The second kappa shape index (κ2) is 5.32. The zero-order valence-electron chi connectivity index (χ0n) is 10.5. The van der Waals surface area contributed by atoms with Crippen molar-refractivity contribution in [3.05, 3.63) is 57.6 Å². The molecule has 0 saturated carbocycles. The molecule has 0 aliphatic carbocycles. The van der Waals surface area contributed by atoms with Gasteiger partial charge in [-0.3, -0.25) is 0 Å². The highest BCUT2D eigenvalue weighted by Crippen LogP contribution is 2.33. The van der Waals surface area contributed by atoms with Crippen LogP contribution < -0.4 is 0 Å². The summed E-state index contributed by atoms with van der Waals surface area (Å²) in [6, 6.07) is 11.5. The maximum absolute atomic E-state index is 6.33. The maximum Gasteiger partial charge on any atom is 0.139 e. The number of aryl methyl sites for hydroxylation is 1. The molecule has 0 aromatic heterocycles. The minimum atomic E-state index is 0.410. The van der Waals surface area contributed by atoms with E-state index in [9.17, 15) is 0 Å². The van der Waals surface area contributed by atoms with Crippen LogP contribution in [0.4, 0.5) is 11.4 Å². The van der Waals surface area contributed by atoms with Crippen LogP contribution >= 0.6 is 39.1 Å². The van der Waals surface area contributed by atoms with Crippen LogP contribution in [0.1, 0.15) is 16.7 Å². The highest BCUT2D eigenvalue weighted by atomic mass is 79.9. The SMILES string of the molecule is Cc1ccc2c(c1)N=C(Cl)c1ccc(Br)cc1N=C2Cl. The molecule has 1 aliphatic rings. The minimum Gasteiger partial charge on any atom is -0.235 e. The summed E-state index contributed by atoms with van der Waals surface area (Å²) in [4.78, 5) is 8.95. The average molecular weight is 368 g/mol. The van der Waals surface area contributed by atoms with Gasteiger partial charge in [0.2, 0.25) is 0 Å². The Morgan fingerprint density at radius 3 is 2.05 bits per heavy atom. The number of rotatable bonds is 0. The topological polar surface area (TPSA) is 24.7 Å². The Labute approximate surface area is 135 Å². The van der Waals surface area contributed by atoms with Crippen molar-refractivity contribution in [1.29, 1.82) is 0 Å². The highest BCUT2D eigenvalue weighted by Gasteiger charge is 2.15. The predicted molar refractivity (Wildman–Crippen MR) is 89.4 cm³/mol. The van der Waals surface area contributed by atoms with Crippen molar-refractivity contribution in [3.8, 4) is 0 Å². The molecule has 0 N–H and O–H groups in total. The molecule has 0 bridgehead atoms. The van der Waals surface area contributed by atoms with Crippen LogP contribution in [-0.4, -0.2) is 10.3 Å². The van der Waals surface area contributed by atoms with E-state index in [1.807, 2.05) is 43.3 Å². The standard InChI is InChI=1S/C15H9BrCl2N2/c1-8-2-4-10-12(6-8)19-15(18)11-5-3-9(16)7-13(11)20-14(10)17/h2-7H,1H3. The van der Waals surface area contributed by atoms with Crippen LogP contribution in [-0.2, 0) is 0 Å². The number of nitrogens with zero attached hydrogens (tertiary/aromatic N) is 2. The Morgan fingerprint density at radius 2 is 1.40 bits per heavy atom. The van der Waals surface area contributed by atoms with Crippen LogP contribution in [0, 0.1) is 6.92 Å². The second-order valence-electron chi connectivity index (χ2n) is 4.49. The van der Waals surface area contributed by atoms with Gasteiger partial charge in [0.25, 0.3) is 0 Å². The van der Waals surface area contributed by atoms with Crippen LogP contribution in [0.5, 0.6) is 0 Å². The van der Waals surface area contributed by atoms with Crippen molar-refractivity contribution in [1.82, 2.24) is 0 Å². The third-order valence-corrected chi connectivity index (χ3v) is 4.06. The van der Waals surface area contributed by atoms with E-state index < -0.39 is 0 Å². The third kappa shape index (κ3) is 2.53. The van der Waals surface area contributed by atoms with Crippen LogP contribution in [0.3, 0.4) is 0 Å². The number of halogens is 3. The van der Waals surface area contributed by atoms with Gasteiger partial charge in [0.15, 0.2) is 0 Å². The lowest BCUT2D eigenvalue weighted by Gasteiger charge is -2.12. The van der Waals surface area contributed by atoms with Crippen molar-refractivity contribution in [2.75, 3.05) is 0 Å². The molecule has 0 amide bonds. The summed E-state index contributed by atoms with van der Waals surface area (Å²) >= 11 is 16.1. The lowest BCUT2D eigenvalue weighted by Crippen LogP contribution is -2.00. The summed E-state index contributed by atoms with van der Waals surface area (Å²) in [6.45, 7) is 2.00. The number of fused-ring (bicyclic) bond motifs is 2. The molecule has 0 atom stereocenters. The van der Waals surface area contributed by atoms with Gasteiger partial charge in [-0.2, -0.15) is 0 Å².